The highest BCUT2D eigenvalue weighted by Gasteiger charge is 2.06. The average molecular weight is 419 g/mol. The van der Waals surface area contributed by atoms with E-state index < -0.39 is 0 Å². The molecule has 0 saturated heterocycles. The lowest BCUT2D eigenvalue weighted by Crippen LogP contribution is -2.37. The molecule has 0 atom stereocenters. The third-order valence-electron chi connectivity index (χ3n) is 4.38. The van der Waals surface area contributed by atoms with Crippen molar-refractivity contribution in [2.24, 2.45) is 4.99 Å². The maximum Gasteiger partial charge on any atom is 0.219 e. The number of benzene rings is 1. The van der Waals surface area contributed by atoms with Crippen molar-refractivity contribution in [3.05, 3.63) is 84.2 Å². The Balaban J connectivity index is 1.37. The maximum atomic E-state index is 13.3. The monoisotopic (exact) mass is 419 g/mol. The van der Waals surface area contributed by atoms with Crippen molar-refractivity contribution in [2.75, 3.05) is 6.54 Å². The van der Waals surface area contributed by atoms with Crippen molar-refractivity contribution in [1.82, 2.24) is 30.2 Å². The van der Waals surface area contributed by atoms with Crippen LogP contribution < -0.4 is 15.4 Å². The molecule has 0 fully saturated rings. The first kappa shape index (κ1) is 20.3. The second kappa shape index (κ2) is 9.66. The number of pyridine rings is 2. The minimum Gasteiger partial charge on any atom is -0.439 e. The molecule has 1 aromatic carbocycles. The number of ether oxygens (including phenoxy) is 1. The summed E-state index contributed by atoms with van der Waals surface area (Å²) in [6.45, 7) is 3.65. The van der Waals surface area contributed by atoms with E-state index >= 15 is 0 Å². The molecular formula is C22H22FN7O. The fourth-order valence-corrected chi connectivity index (χ4v) is 2.90. The third-order valence-corrected chi connectivity index (χ3v) is 4.38. The van der Waals surface area contributed by atoms with Crippen molar-refractivity contribution >= 4 is 11.6 Å². The molecule has 0 saturated carbocycles. The Kier molecular flexibility index (Phi) is 6.32. The number of hydrogen-bond acceptors (Lipinski definition) is 5. The van der Waals surface area contributed by atoms with Gasteiger partial charge in [-0.1, -0.05) is 18.2 Å². The standard InChI is InChI=1S/C22H22FN7O/c1-2-24-22(27-15-20-29-28-19-8-3-4-11-30(19)20)26-14-16-9-10-21(25-13-16)31-18-7-5-6-17(23)12-18/h3-13H,2,14-15H2,1H3,(H2,24,26,27). The zero-order valence-electron chi connectivity index (χ0n) is 17.0. The number of rotatable bonds is 7. The van der Waals surface area contributed by atoms with Crippen LogP contribution in [0.3, 0.4) is 0 Å². The number of aliphatic imine (C=N–C) groups is 1. The molecule has 4 rings (SSSR count). The maximum absolute atomic E-state index is 13.3. The fraction of sp³-hybridized carbons (Fsp3) is 0.182. The molecule has 9 heteroatoms. The van der Waals surface area contributed by atoms with E-state index in [2.05, 4.69) is 30.8 Å². The van der Waals surface area contributed by atoms with Gasteiger partial charge in [-0.3, -0.25) is 4.40 Å². The molecule has 2 N–H and O–H groups in total. The van der Waals surface area contributed by atoms with E-state index in [0.29, 0.717) is 30.7 Å². The van der Waals surface area contributed by atoms with Gasteiger partial charge in [-0.25, -0.2) is 14.4 Å². The molecule has 3 aromatic heterocycles. The molecule has 0 radical (unpaired) electrons. The molecule has 0 bridgehead atoms. The molecule has 0 aliphatic heterocycles. The summed E-state index contributed by atoms with van der Waals surface area (Å²) in [5.41, 5.74) is 1.71. The predicted octanol–water partition coefficient (Wildman–Crippen LogP) is 3.31. The van der Waals surface area contributed by atoms with Crippen LogP contribution in [0.2, 0.25) is 0 Å². The number of hydrogen-bond donors (Lipinski definition) is 2. The smallest absolute Gasteiger partial charge is 0.219 e. The van der Waals surface area contributed by atoms with Crippen LogP contribution in [0.25, 0.3) is 5.65 Å². The van der Waals surface area contributed by atoms with Gasteiger partial charge in [0.05, 0.1) is 13.1 Å². The van der Waals surface area contributed by atoms with Crippen molar-refractivity contribution in [3.63, 3.8) is 0 Å². The minimum atomic E-state index is -0.356. The first-order chi connectivity index (χ1) is 15.2. The lowest BCUT2D eigenvalue weighted by atomic mass is 10.3. The van der Waals surface area contributed by atoms with Crippen molar-refractivity contribution in [3.8, 4) is 11.6 Å². The topological polar surface area (TPSA) is 88.7 Å². The normalized spacial score (nSPS) is 11.5. The quantitative estimate of drug-likeness (QED) is 0.353. The van der Waals surface area contributed by atoms with Gasteiger partial charge in [0.15, 0.2) is 17.4 Å². The lowest BCUT2D eigenvalue weighted by molar-refractivity contribution is 0.457. The molecule has 31 heavy (non-hydrogen) atoms. The third kappa shape index (κ3) is 5.33. The fourth-order valence-electron chi connectivity index (χ4n) is 2.90. The minimum absolute atomic E-state index is 0.356. The van der Waals surface area contributed by atoms with Gasteiger partial charge in [0.1, 0.15) is 11.6 Å². The van der Waals surface area contributed by atoms with Crippen LogP contribution in [0, 0.1) is 5.82 Å². The first-order valence-electron chi connectivity index (χ1n) is 9.90. The number of aromatic nitrogens is 4. The molecule has 0 spiro atoms. The summed E-state index contributed by atoms with van der Waals surface area (Å²) in [6, 6.07) is 15.3. The molecule has 0 aliphatic carbocycles. The first-order valence-corrected chi connectivity index (χ1v) is 9.90. The number of guanidine groups is 1. The summed E-state index contributed by atoms with van der Waals surface area (Å²) >= 11 is 0. The Morgan fingerprint density at radius 1 is 1.10 bits per heavy atom. The van der Waals surface area contributed by atoms with E-state index in [1.165, 1.54) is 12.1 Å². The van der Waals surface area contributed by atoms with Crippen LogP contribution in [0.4, 0.5) is 4.39 Å². The molecular weight excluding hydrogens is 397 g/mol. The van der Waals surface area contributed by atoms with Gasteiger partial charge in [0.2, 0.25) is 5.88 Å². The highest BCUT2D eigenvalue weighted by molar-refractivity contribution is 5.79. The van der Waals surface area contributed by atoms with Gasteiger partial charge in [0, 0.05) is 31.1 Å². The molecule has 158 valence electrons. The largest absolute Gasteiger partial charge is 0.439 e. The predicted molar refractivity (Wildman–Crippen MR) is 115 cm³/mol. The van der Waals surface area contributed by atoms with Crippen LogP contribution in [0.1, 0.15) is 18.3 Å². The van der Waals surface area contributed by atoms with E-state index in [1.54, 1.807) is 24.4 Å². The summed E-state index contributed by atoms with van der Waals surface area (Å²) in [6.07, 6.45) is 3.61. The Bertz CT molecular complexity index is 1170. The summed E-state index contributed by atoms with van der Waals surface area (Å²) < 4.78 is 20.8. The second-order valence-corrected chi connectivity index (χ2v) is 6.66. The average Bonchev–Trinajstić information content (AvgIpc) is 3.20. The number of halogens is 1. The number of nitrogens with one attached hydrogen (secondary N) is 2. The van der Waals surface area contributed by atoms with Crippen LogP contribution in [0.5, 0.6) is 11.6 Å². The number of nitrogens with zero attached hydrogens (tertiary/aromatic N) is 5. The molecule has 0 amide bonds. The Morgan fingerprint density at radius 2 is 2.03 bits per heavy atom. The second-order valence-electron chi connectivity index (χ2n) is 6.66. The van der Waals surface area contributed by atoms with Crippen LogP contribution in [-0.4, -0.2) is 32.1 Å². The molecule has 4 aromatic rings. The van der Waals surface area contributed by atoms with Crippen molar-refractivity contribution in [2.45, 2.75) is 20.0 Å². The summed E-state index contributed by atoms with van der Waals surface area (Å²) in [5, 5.41) is 14.8. The van der Waals surface area contributed by atoms with Gasteiger partial charge in [0.25, 0.3) is 0 Å². The molecule has 0 aliphatic rings. The highest BCUT2D eigenvalue weighted by atomic mass is 19.1. The van der Waals surface area contributed by atoms with Crippen molar-refractivity contribution in [1.29, 1.82) is 0 Å². The van der Waals surface area contributed by atoms with Gasteiger partial charge in [-0.15, -0.1) is 10.2 Å². The van der Waals surface area contributed by atoms with E-state index in [-0.39, 0.29) is 5.82 Å². The SMILES string of the molecule is CCNC(=NCc1ccc(Oc2cccc(F)c2)nc1)NCc1nnc2ccccn12. The van der Waals surface area contributed by atoms with Gasteiger partial charge in [-0.2, -0.15) is 0 Å². The summed E-state index contributed by atoms with van der Waals surface area (Å²) in [5.74, 6) is 1.89. The van der Waals surface area contributed by atoms with E-state index in [0.717, 1.165) is 23.6 Å². The van der Waals surface area contributed by atoms with E-state index in [1.807, 2.05) is 41.8 Å². The Labute approximate surface area is 178 Å². The van der Waals surface area contributed by atoms with E-state index in [9.17, 15) is 4.39 Å². The van der Waals surface area contributed by atoms with Gasteiger partial charge < -0.3 is 15.4 Å². The Hall–Kier alpha value is -4.01. The van der Waals surface area contributed by atoms with Crippen LogP contribution >= 0.6 is 0 Å². The summed E-state index contributed by atoms with van der Waals surface area (Å²) in [4.78, 5) is 8.87. The Morgan fingerprint density at radius 3 is 2.84 bits per heavy atom. The molecule has 8 nitrogen and oxygen atoms in total. The van der Waals surface area contributed by atoms with Gasteiger partial charge in [-0.05, 0) is 36.8 Å². The highest BCUT2D eigenvalue weighted by Crippen LogP contribution is 2.20. The summed E-state index contributed by atoms with van der Waals surface area (Å²) in [7, 11) is 0. The zero-order valence-corrected chi connectivity index (χ0v) is 17.0. The van der Waals surface area contributed by atoms with Crippen molar-refractivity contribution < 1.29 is 9.13 Å². The zero-order chi connectivity index (χ0) is 21.5. The lowest BCUT2D eigenvalue weighted by Gasteiger charge is -2.10. The van der Waals surface area contributed by atoms with Crippen LogP contribution in [0.15, 0.2) is 72.0 Å². The number of fused-ring (bicyclic) bond motifs is 1. The van der Waals surface area contributed by atoms with E-state index in [4.69, 9.17) is 4.74 Å². The van der Waals surface area contributed by atoms with Gasteiger partial charge >= 0.3 is 0 Å². The molecule has 3 heterocycles. The van der Waals surface area contributed by atoms with Crippen LogP contribution in [-0.2, 0) is 13.1 Å². The molecule has 0 unspecified atom stereocenters.